The van der Waals surface area contributed by atoms with Crippen LogP contribution in [0.25, 0.3) is 0 Å². The number of hydrogen-bond donors (Lipinski definition) is 0. The Morgan fingerprint density at radius 2 is 2.18 bits per heavy atom. The van der Waals surface area contributed by atoms with Gasteiger partial charge in [-0.05, 0) is 12.8 Å². The number of halogens is 1. The molecule has 3 heterocycles. The Morgan fingerprint density at radius 3 is 2.94 bits per heavy atom. The van der Waals surface area contributed by atoms with E-state index in [1.165, 1.54) is 11.4 Å². The lowest BCUT2D eigenvalue weighted by Gasteiger charge is -2.26. The summed E-state index contributed by atoms with van der Waals surface area (Å²) >= 11 is 3.58. The molecule has 1 saturated heterocycles. The minimum atomic E-state index is 0.504. The van der Waals surface area contributed by atoms with Gasteiger partial charge in [-0.15, -0.1) is 0 Å². The lowest BCUT2D eigenvalue weighted by atomic mass is 9.95. The molecule has 17 heavy (non-hydrogen) atoms. The summed E-state index contributed by atoms with van der Waals surface area (Å²) in [6, 6.07) is 0. The molecule has 0 aromatic heterocycles. The van der Waals surface area contributed by atoms with E-state index >= 15 is 0 Å². The molecule has 1 unspecified atom stereocenters. The molecule has 0 spiro atoms. The van der Waals surface area contributed by atoms with Gasteiger partial charge in [0.15, 0.2) is 5.70 Å². The van der Waals surface area contributed by atoms with E-state index < -0.39 is 0 Å². The summed E-state index contributed by atoms with van der Waals surface area (Å²) in [6.07, 6.45) is 7.92. The Bertz CT molecular complexity index is 460. The molecule has 0 saturated carbocycles. The van der Waals surface area contributed by atoms with Gasteiger partial charge in [0.05, 0.1) is 19.5 Å². The number of hydrogen-bond acceptors (Lipinski definition) is 3. The summed E-state index contributed by atoms with van der Waals surface area (Å²) in [7, 11) is 2.12. The van der Waals surface area contributed by atoms with Crippen molar-refractivity contribution in [2.24, 2.45) is 15.9 Å². The Balaban J connectivity index is 2.00. The zero-order valence-corrected chi connectivity index (χ0v) is 11.4. The predicted molar refractivity (Wildman–Crippen MR) is 70.7 cm³/mol. The summed E-state index contributed by atoms with van der Waals surface area (Å²) in [5, 5.41) is 0. The van der Waals surface area contributed by atoms with Crippen LogP contribution >= 0.6 is 15.9 Å². The molecule has 0 aromatic carbocycles. The molecule has 3 aliphatic heterocycles. The molecule has 1 atom stereocenters. The molecule has 0 aliphatic carbocycles. The average molecular weight is 297 g/mol. The van der Waals surface area contributed by atoms with Gasteiger partial charge in [0.2, 0.25) is 0 Å². The first-order valence-corrected chi connectivity index (χ1v) is 6.65. The number of ether oxygens (including phenoxy) is 1. The summed E-state index contributed by atoms with van der Waals surface area (Å²) in [6.45, 7) is 1.68. The maximum atomic E-state index is 5.41. The van der Waals surface area contributed by atoms with Crippen LogP contribution in [-0.2, 0) is 4.74 Å². The zero-order valence-electron chi connectivity index (χ0n) is 9.77. The molecule has 3 rings (SSSR count). The first kappa shape index (κ1) is 11.3. The van der Waals surface area contributed by atoms with Crippen LogP contribution in [0.15, 0.2) is 33.8 Å². The normalized spacial score (nSPS) is 32.9. The summed E-state index contributed by atoms with van der Waals surface area (Å²) < 4.78 is 6.96. The standard InChI is InChI=1S/C12H15BrN3O/c1-16-5-4-14-8-10(16)11(15-12(16)13)9-2-6-17-7-3-9/h4-5,8-9H,2-3,6-7H2,1H3/q+1. The van der Waals surface area contributed by atoms with E-state index in [0.29, 0.717) is 10.4 Å². The second-order valence-corrected chi connectivity index (χ2v) is 5.40. The van der Waals surface area contributed by atoms with Crippen LogP contribution in [0.3, 0.4) is 0 Å². The van der Waals surface area contributed by atoms with Crippen LogP contribution in [0.2, 0.25) is 0 Å². The summed E-state index contributed by atoms with van der Waals surface area (Å²) in [4.78, 5) is 8.96. The topological polar surface area (TPSA) is 34.0 Å². The molecule has 3 aliphatic rings. The highest BCUT2D eigenvalue weighted by molar-refractivity contribution is 9.18. The Kier molecular flexibility index (Phi) is 2.77. The Hall–Kier alpha value is -0.780. The molecule has 0 amide bonds. The quantitative estimate of drug-likeness (QED) is 0.540. The van der Waals surface area contributed by atoms with Gasteiger partial charge >= 0.3 is 0 Å². The van der Waals surface area contributed by atoms with Crippen LogP contribution in [0.1, 0.15) is 12.8 Å². The lowest BCUT2D eigenvalue weighted by molar-refractivity contribution is -0.709. The Morgan fingerprint density at radius 1 is 1.41 bits per heavy atom. The van der Waals surface area contributed by atoms with Crippen molar-refractivity contribution in [1.29, 1.82) is 0 Å². The largest absolute Gasteiger partial charge is 0.381 e. The van der Waals surface area contributed by atoms with Gasteiger partial charge in [-0.25, -0.2) is 4.48 Å². The third-order valence-corrected chi connectivity index (χ3v) is 4.53. The van der Waals surface area contributed by atoms with Crippen molar-refractivity contribution in [3.63, 3.8) is 0 Å². The lowest BCUT2D eigenvalue weighted by Crippen LogP contribution is -2.39. The molecule has 1 fully saturated rings. The summed E-state index contributed by atoms with van der Waals surface area (Å²) in [5.74, 6) is 0.504. The first-order chi connectivity index (χ1) is 8.22. The molecule has 0 N–H and O–H groups in total. The van der Waals surface area contributed by atoms with Crippen LogP contribution in [-0.4, -0.2) is 35.7 Å². The van der Waals surface area contributed by atoms with Crippen molar-refractivity contribution in [3.05, 3.63) is 23.8 Å². The highest BCUT2D eigenvalue weighted by atomic mass is 79.9. The monoisotopic (exact) mass is 296 g/mol. The van der Waals surface area contributed by atoms with Crippen molar-refractivity contribution in [2.45, 2.75) is 12.8 Å². The van der Waals surface area contributed by atoms with Gasteiger partial charge in [-0.3, -0.25) is 4.99 Å². The molecular weight excluding hydrogens is 282 g/mol. The second-order valence-electron chi connectivity index (χ2n) is 4.69. The number of nitrogens with zero attached hydrogens (tertiary/aromatic N) is 3. The molecule has 0 radical (unpaired) electrons. The highest BCUT2D eigenvalue weighted by Gasteiger charge is 2.42. The minimum Gasteiger partial charge on any atom is -0.381 e. The van der Waals surface area contributed by atoms with E-state index in [-0.39, 0.29) is 0 Å². The van der Waals surface area contributed by atoms with Crippen molar-refractivity contribution in [3.8, 4) is 0 Å². The zero-order chi connectivity index (χ0) is 11.9. The maximum absolute atomic E-state index is 5.41. The molecule has 90 valence electrons. The fourth-order valence-corrected chi connectivity index (χ4v) is 2.98. The van der Waals surface area contributed by atoms with E-state index in [9.17, 15) is 0 Å². The number of aliphatic imine (C=N–C) groups is 2. The summed E-state index contributed by atoms with van der Waals surface area (Å²) in [5.41, 5.74) is 2.36. The van der Waals surface area contributed by atoms with Crippen molar-refractivity contribution in [2.75, 3.05) is 20.3 Å². The maximum Gasteiger partial charge on any atom is 0.281 e. The third kappa shape index (κ3) is 1.73. The number of quaternary nitrogens is 1. The fourth-order valence-electron chi connectivity index (χ4n) is 2.48. The van der Waals surface area contributed by atoms with Crippen LogP contribution in [0.5, 0.6) is 0 Å². The number of allylic oxidation sites excluding steroid dienone is 2. The van der Waals surface area contributed by atoms with Gasteiger partial charge in [-0.2, -0.15) is 4.99 Å². The second kappa shape index (κ2) is 4.15. The number of amidine groups is 1. The van der Waals surface area contributed by atoms with Gasteiger partial charge in [-0.1, -0.05) is 0 Å². The number of fused-ring (bicyclic) bond motifs is 1. The van der Waals surface area contributed by atoms with E-state index in [1.54, 1.807) is 0 Å². The molecule has 5 heteroatoms. The SMILES string of the molecule is C[N+]12C=CN=CC1=C(C1CCOCC1)N=C2Br. The van der Waals surface area contributed by atoms with Crippen molar-refractivity contribution in [1.82, 2.24) is 0 Å². The van der Waals surface area contributed by atoms with E-state index in [1.807, 2.05) is 12.4 Å². The number of rotatable bonds is 1. The molecule has 0 aromatic rings. The highest BCUT2D eigenvalue weighted by Crippen LogP contribution is 2.38. The molecule has 0 bridgehead atoms. The van der Waals surface area contributed by atoms with Gasteiger partial charge in [0.25, 0.3) is 4.74 Å². The van der Waals surface area contributed by atoms with Gasteiger partial charge in [0, 0.05) is 35.1 Å². The van der Waals surface area contributed by atoms with Gasteiger partial charge in [0.1, 0.15) is 11.9 Å². The predicted octanol–water partition coefficient (Wildman–Crippen LogP) is 2.39. The van der Waals surface area contributed by atoms with Crippen LogP contribution in [0, 0.1) is 5.92 Å². The average Bonchev–Trinajstić information content (AvgIpc) is 2.63. The minimum absolute atomic E-state index is 0.504. The molecule has 4 nitrogen and oxygen atoms in total. The van der Waals surface area contributed by atoms with Crippen LogP contribution < -0.4 is 0 Å². The Labute approximate surface area is 109 Å². The van der Waals surface area contributed by atoms with E-state index in [0.717, 1.165) is 30.8 Å². The molecular formula is C12H15BrN3O+. The van der Waals surface area contributed by atoms with Gasteiger partial charge < -0.3 is 4.74 Å². The first-order valence-electron chi connectivity index (χ1n) is 5.86. The van der Waals surface area contributed by atoms with E-state index in [2.05, 4.69) is 34.2 Å². The third-order valence-electron chi connectivity index (χ3n) is 3.61. The smallest absolute Gasteiger partial charge is 0.281 e. The van der Waals surface area contributed by atoms with Crippen molar-refractivity contribution < 1.29 is 9.22 Å². The van der Waals surface area contributed by atoms with Crippen molar-refractivity contribution >= 4 is 26.9 Å². The van der Waals surface area contributed by atoms with Crippen LogP contribution in [0.4, 0.5) is 0 Å². The van der Waals surface area contributed by atoms with E-state index in [4.69, 9.17) is 9.73 Å². The fraction of sp³-hybridized carbons (Fsp3) is 0.500.